The zero-order chi connectivity index (χ0) is 13.2. The van der Waals surface area contributed by atoms with Crippen LogP contribution in [-0.4, -0.2) is 19.7 Å². The van der Waals surface area contributed by atoms with E-state index < -0.39 is 0 Å². The van der Waals surface area contributed by atoms with Crippen molar-refractivity contribution in [1.29, 1.82) is 0 Å². The molecule has 98 valence electrons. The number of aryl methyl sites for hydroxylation is 1. The summed E-state index contributed by atoms with van der Waals surface area (Å²) in [4.78, 5) is 11.7. The lowest BCUT2D eigenvalue weighted by atomic mass is 9.95. The third-order valence-electron chi connectivity index (χ3n) is 3.55. The van der Waals surface area contributed by atoms with E-state index in [1.54, 1.807) is 0 Å². The lowest BCUT2D eigenvalue weighted by Crippen LogP contribution is -2.20. The third-order valence-corrected chi connectivity index (χ3v) is 3.55. The smallest absolute Gasteiger partial charge is 0.312 e. The Balaban J connectivity index is 2.11. The molecule has 18 heavy (non-hydrogen) atoms. The van der Waals surface area contributed by atoms with Crippen LogP contribution < -0.4 is 4.74 Å². The quantitative estimate of drug-likeness (QED) is 0.752. The normalized spacial score (nSPS) is 16.2. The van der Waals surface area contributed by atoms with Crippen molar-refractivity contribution in [2.75, 3.05) is 13.7 Å². The molecule has 0 aromatic heterocycles. The van der Waals surface area contributed by atoms with Gasteiger partial charge in [0.2, 0.25) is 0 Å². The maximum absolute atomic E-state index is 11.7. The Kier molecular flexibility index (Phi) is 3.60. The molecule has 1 saturated carbocycles. The van der Waals surface area contributed by atoms with E-state index in [1.807, 2.05) is 26.0 Å². The van der Waals surface area contributed by atoms with E-state index in [1.165, 1.54) is 12.7 Å². The predicted molar refractivity (Wildman–Crippen MR) is 69.7 cm³/mol. The number of ether oxygens (including phenoxy) is 2. The SMILES string of the molecule is CCOc1ccc(CC2(C(=O)OC)CC2)cc1C. The Labute approximate surface area is 108 Å². The average Bonchev–Trinajstić information content (AvgIpc) is 3.13. The van der Waals surface area contributed by atoms with E-state index in [-0.39, 0.29) is 11.4 Å². The van der Waals surface area contributed by atoms with Gasteiger partial charge in [0.1, 0.15) is 5.75 Å². The zero-order valence-corrected chi connectivity index (χ0v) is 11.3. The fourth-order valence-electron chi connectivity index (χ4n) is 2.35. The van der Waals surface area contributed by atoms with Gasteiger partial charge in [0.15, 0.2) is 0 Å². The maximum atomic E-state index is 11.7. The van der Waals surface area contributed by atoms with Crippen LogP contribution in [0.2, 0.25) is 0 Å². The first-order valence-corrected chi connectivity index (χ1v) is 6.42. The van der Waals surface area contributed by atoms with Gasteiger partial charge in [0, 0.05) is 0 Å². The van der Waals surface area contributed by atoms with Gasteiger partial charge in [-0.1, -0.05) is 12.1 Å². The molecule has 0 amide bonds. The lowest BCUT2D eigenvalue weighted by Gasteiger charge is -2.14. The van der Waals surface area contributed by atoms with Crippen molar-refractivity contribution < 1.29 is 14.3 Å². The topological polar surface area (TPSA) is 35.5 Å². The number of carbonyl (C=O) groups excluding carboxylic acids is 1. The van der Waals surface area contributed by atoms with Crippen molar-refractivity contribution in [1.82, 2.24) is 0 Å². The lowest BCUT2D eigenvalue weighted by molar-refractivity contribution is -0.147. The molecule has 1 aromatic carbocycles. The van der Waals surface area contributed by atoms with Gasteiger partial charge in [-0.25, -0.2) is 0 Å². The summed E-state index contributed by atoms with van der Waals surface area (Å²) in [7, 11) is 1.46. The van der Waals surface area contributed by atoms with Gasteiger partial charge in [-0.3, -0.25) is 4.79 Å². The molecular formula is C15H20O3. The van der Waals surface area contributed by atoms with Crippen molar-refractivity contribution in [3.63, 3.8) is 0 Å². The summed E-state index contributed by atoms with van der Waals surface area (Å²) in [6.07, 6.45) is 2.64. The van der Waals surface area contributed by atoms with Crippen molar-refractivity contribution >= 4 is 5.97 Å². The summed E-state index contributed by atoms with van der Waals surface area (Å²) < 4.78 is 10.4. The first kappa shape index (κ1) is 12.9. The van der Waals surface area contributed by atoms with Gasteiger partial charge in [-0.15, -0.1) is 0 Å². The molecule has 0 unspecified atom stereocenters. The van der Waals surface area contributed by atoms with Crippen LogP contribution in [-0.2, 0) is 16.0 Å². The van der Waals surface area contributed by atoms with Gasteiger partial charge >= 0.3 is 5.97 Å². The first-order valence-electron chi connectivity index (χ1n) is 6.42. The first-order chi connectivity index (χ1) is 8.61. The van der Waals surface area contributed by atoms with E-state index >= 15 is 0 Å². The summed E-state index contributed by atoms with van der Waals surface area (Å²) in [5.41, 5.74) is 2.04. The van der Waals surface area contributed by atoms with E-state index in [0.29, 0.717) is 6.61 Å². The minimum atomic E-state index is -0.256. The number of benzene rings is 1. The Morgan fingerprint density at radius 1 is 1.39 bits per heavy atom. The molecule has 0 spiro atoms. The highest BCUT2D eigenvalue weighted by Crippen LogP contribution is 2.49. The molecule has 1 aliphatic carbocycles. The van der Waals surface area contributed by atoms with Crippen LogP contribution in [0.15, 0.2) is 18.2 Å². The van der Waals surface area contributed by atoms with Crippen molar-refractivity contribution in [3.05, 3.63) is 29.3 Å². The monoisotopic (exact) mass is 248 g/mol. The number of hydrogen-bond donors (Lipinski definition) is 0. The van der Waals surface area contributed by atoms with Crippen LogP contribution in [0.4, 0.5) is 0 Å². The summed E-state index contributed by atoms with van der Waals surface area (Å²) in [6, 6.07) is 6.14. The molecule has 3 nitrogen and oxygen atoms in total. The summed E-state index contributed by atoms with van der Waals surface area (Å²) in [6.45, 7) is 4.68. The molecule has 1 aliphatic rings. The zero-order valence-electron chi connectivity index (χ0n) is 11.3. The minimum Gasteiger partial charge on any atom is -0.494 e. The van der Waals surface area contributed by atoms with Crippen LogP contribution in [0.1, 0.15) is 30.9 Å². The Morgan fingerprint density at radius 3 is 2.61 bits per heavy atom. The highest BCUT2D eigenvalue weighted by molar-refractivity contribution is 5.80. The van der Waals surface area contributed by atoms with Crippen molar-refractivity contribution in [3.8, 4) is 5.75 Å². The molecule has 0 bridgehead atoms. The fourth-order valence-corrected chi connectivity index (χ4v) is 2.35. The number of esters is 1. The highest BCUT2D eigenvalue weighted by Gasteiger charge is 2.50. The van der Waals surface area contributed by atoms with Crippen molar-refractivity contribution in [2.24, 2.45) is 5.41 Å². The number of rotatable bonds is 5. The maximum Gasteiger partial charge on any atom is 0.312 e. The van der Waals surface area contributed by atoms with E-state index in [0.717, 1.165) is 30.6 Å². The third kappa shape index (κ3) is 2.50. The van der Waals surface area contributed by atoms with Crippen LogP contribution in [0.25, 0.3) is 0 Å². The Bertz CT molecular complexity index is 447. The largest absolute Gasteiger partial charge is 0.494 e. The fraction of sp³-hybridized carbons (Fsp3) is 0.533. The van der Waals surface area contributed by atoms with Gasteiger partial charge in [0.05, 0.1) is 19.1 Å². The summed E-state index contributed by atoms with van der Waals surface area (Å²) in [5.74, 6) is 0.846. The molecule has 0 saturated heterocycles. The molecule has 1 fully saturated rings. The summed E-state index contributed by atoms with van der Waals surface area (Å²) in [5, 5.41) is 0. The van der Waals surface area contributed by atoms with Gasteiger partial charge in [-0.05, 0) is 50.3 Å². The minimum absolute atomic E-state index is 0.0750. The second-order valence-electron chi connectivity index (χ2n) is 4.98. The molecule has 3 heteroatoms. The second kappa shape index (κ2) is 5.01. The van der Waals surface area contributed by atoms with Gasteiger partial charge in [0.25, 0.3) is 0 Å². The molecule has 0 atom stereocenters. The highest BCUT2D eigenvalue weighted by atomic mass is 16.5. The van der Waals surface area contributed by atoms with Crippen LogP contribution in [0, 0.1) is 12.3 Å². The van der Waals surface area contributed by atoms with Crippen LogP contribution in [0.5, 0.6) is 5.75 Å². The average molecular weight is 248 g/mol. The second-order valence-corrected chi connectivity index (χ2v) is 4.98. The number of methoxy groups -OCH3 is 1. The van der Waals surface area contributed by atoms with E-state index in [2.05, 4.69) is 6.07 Å². The van der Waals surface area contributed by atoms with Gasteiger partial charge < -0.3 is 9.47 Å². The Morgan fingerprint density at radius 2 is 2.11 bits per heavy atom. The molecule has 2 rings (SSSR count). The van der Waals surface area contributed by atoms with E-state index in [4.69, 9.17) is 9.47 Å². The number of carbonyl (C=O) groups is 1. The molecule has 0 N–H and O–H groups in total. The Hall–Kier alpha value is -1.51. The molecule has 0 heterocycles. The molecule has 0 aliphatic heterocycles. The molecular weight excluding hydrogens is 228 g/mol. The van der Waals surface area contributed by atoms with Crippen LogP contribution >= 0.6 is 0 Å². The standard InChI is InChI=1S/C15H20O3/c1-4-18-13-6-5-12(9-11(13)2)10-15(7-8-15)14(16)17-3/h5-6,9H,4,7-8,10H2,1-3H3. The molecule has 0 radical (unpaired) electrons. The van der Waals surface area contributed by atoms with Crippen LogP contribution in [0.3, 0.4) is 0 Å². The van der Waals surface area contributed by atoms with Crippen molar-refractivity contribution in [2.45, 2.75) is 33.1 Å². The summed E-state index contributed by atoms with van der Waals surface area (Å²) >= 11 is 0. The van der Waals surface area contributed by atoms with Gasteiger partial charge in [-0.2, -0.15) is 0 Å². The van der Waals surface area contributed by atoms with E-state index in [9.17, 15) is 4.79 Å². The number of hydrogen-bond acceptors (Lipinski definition) is 3. The predicted octanol–water partition coefficient (Wildman–Crippen LogP) is 2.89. The molecule has 1 aromatic rings.